The van der Waals surface area contributed by atoms with E-state index in [1.165, 1.54) is 42.0 Å². The minimum atomic E-state index is -4.83. The van der Waals surface area contributed by atoms with Crippen LogP contribution in [0.5, 0.6) is 0 Å². The fraction of sp³-hybridized carbons (Fsp3) is 0.279. The number of hydrogen-bond acceptors (Lipinski definition) is 10. The second kappa shape index (κ2) is 18.6. The SMILES string of the molecule is CN(C)CCC(CSc1ccccc1)Nc1ccc(S(=O)(=O)Nc2ncnc3cc(N4CCN(Cc5ccccc5-c5ccc(Cl)cc5)CC4)ncc23)cc1C(F)(F)F. The van der Waals surface area contributed by atoms with Gasteiger partial charge in [0.15, 0.2) is 5.82 Å². The number of fused-ring (bicyclic) bond motifs is 1. The summed E-state index contributed by atoms with van der Waals surface area (Å²) in [5, 5.41) is 4.07. The molecule has 2 N–H and O–H groups in total. The molecule has 7 rings (SSSR count). The smallest absolute Gasteiger partial charge is 0.381 e. The molecule has 2 aromatic heterocycles. The van der Waals surface area contributed by atoms with Crippen LogP contribution in [0.1, 0.15) is 17.5 Å². The second-order valence-corrected chi connectivity index (χ2v) is 17.8. The van der Waals surface area contributed by atoms with Crippen molar-refractivity contribution in [1.29, 1.82) is 0 Å². The number of nitrogens with one attached hydrogen (secondary N) is 2. The van der Waals surface area contributed by atoms with Crippen molar-refractivity contribution in [2.24, 2.45) is 0 Å². The molecular weight excluding hydrogens is 817 g/mol. The predicted octanol–water partition coefficient (Wildman–Crippen LogP) is 9.01. The Bertz CT molecular complexity index is 2470. The third-order valence-electron chi connectivity index (χ3n) is 10.1. The number of thioether (sulfide) groups is 1. The van der Waals surface area contributed by atoms with E-state index in [0.29, 0.717) is 59.6 Å². The van der Waals surface area contributed by atoms with Crippen LogP contribution in [0, 0.1) is 0 Å². The van der Waals surface area contributed by atoms with Crippen LogP contribution in [0.2, 0.25) is 5.02 Å². The molecule has 0 radical (unpaired) electrons. The fourth-order valence-electron chi connectivity index (χ4n) is 6.92. The van der Waals surface area contributed by atoms with Crippen molar-refractivity contribution in [3.63, 3.8) is 0 Å². The summed E-state index contributed by atoms with van der Waals surface area (Å²) in [4.78, 5) is 20.1. The maximum Gasteiger partial charge on any atom is 0.418 e. The van der Waals surface area contributed by atoms with E-state index < -0.39 is 26.7 Å². The lowest BCUT2D eigenvalue weighted by atomic mass is 9.99. The van der Waals surface area contributed by atoms with Gasteiger partial charge in [0.25, 0.3) is 10.0 Å². The lowest BCUT2D eigenvalue weighted by Crippen LogP contribution is -2.46. The summed E-state index contributed by atoms with van der Waals surface area (Å²) in [5.41, 5.74) is 2.66. The number of pyridine rings is 1. The first-order valence-corrected chi connectivity index (χ1v) is 21.9. The highest BCUT2D eigenvalue weighted by Crippen LogP contribution is 2.38. The molecule has 0 bridgehead atoms. The van der Waals surface area contributed by atoms with Crippen LogP contribution in [0.15, 0.2) is 125 Å². The van der Waals surface area contributed by atoms with Crippen LogP contribution in [-0.2, 0) is 22.7 Å². The Hall–Kier alpha value is -4.93. The molecule has 1 unspecified atom stereocenters. The van der Waals surface area contributed by atoms with Gasteiger partial charge in [-0.2, -0.15) is 13.2 Å². The number of piperazine rings is 1. The summed E-state index contributed by atoms with van der Waals surface area (Å²) in [6, 6.07) is 30.3. The Morgan fingerprint density at radius 2 is 1.61 bits per heavy atom. The number of benzene rings is 4. The summed E-state index contributed by atoms with van der Waals surface area (Å²) in [7, 11) is -0.710. The molecule has 0 aliphatic carbocycles. The quantitative estimate of drug-likeness (QED) is 0.0973. The first-order valence-electron chi connectivity index (χ1n) is 19.1. The molecule has 0 spiro atoms. The fourth-order valence-corrected chi connectivity index (χ4v) is 9.10. The Labute approximate surface area is 351 Å². The monoisotopic (exact) mass is 860 g/mol. The van der Waals surface area contributed by atoms with Crippen molar-refractivity contribution in [1.82, 2.24) is 24.8 Å². The van der Waals surface area contributed by atoms with Crippen LogP contribution >= 0.6 is 23.4 Å². The summed E-state index contributed by atoms with van der Waals surface area (Å²) in [6.45, 7) is 4.43. The van der Waals surface area contributed by atoms with Gasteiger partial charge in [0.1, 0.15) is 12.1 Å². The minimum Gasteiger partial charge on any atom is -0.381 e. The van der Waals surface area contributed by atoms with Gasteiger partial charge in [-0.25, -0.2) is 23.4 Å². The molecule has 308 valence electrons. The van der Waals surface area contributed by atoms with Gasteiger partial charge in [0.05, 0.1) is 21.4 Å². The number of rotatable bonds is 15. The van der Waals surface area contributed by atoms with Gasteiger partial charge in [0, 0.05) is 72.4 Å². The minimum absolute atomic E-state index is 0.0873. The zero-order chi connectivity index (χ0) is 41.6. The van der Waals surface area contributed by atoms with Crippen molar-refractivity contribution >= 4 is 61.6 Å². The maximum atomic E-state index is 14.6. The molecule has 1 aliphatic rings. The van der Waals surface area contributed by atoms with E-state index in [4.69, 9.17) is 11.6 Å². The van der Waals surface area contributed by atoms with Gasteiger partial charge < -0.3 is 15.1 Å². The standard InChI is InChI=1S/C43H44ClF3N8O2S2/c1-53(2)19-18-33(28-58-34-9-4-3-5-10-34)51-39-17-16-35(24-38(39)43(45,46)47)59(56,57)52-42-37-26-48-41(25-40(37)49-29-50-42)55-22-20-54(21-23-55)27-31-8-6-7-11-36(31)30-12-14-32(44)15-13-30/h3-17,24-26,29,33,51H,18-23,27-28H2,1-2H3,(H,49,50,52). The van der Waals surface area contributed by atoms with Gasteiger partial charge in [-0.05, 0) is 86.2 Å². The van der Waals surface area contributed by atoms with Gasteiger partial charge in [-0.15, -0.1) is 11.8 Å². The number of sulfonamides is 1. The maximum absolute atomic E-state index is 14.6. The lowest BCUT2D eigenvalue weighted by Gasteiger charge is -2.35. The van der Waals surface area contributed by atoms with Gasteiger partial charge in [-0.3, -0.25) is 9.62 Å². The van der Waals surface area contributed by atoms with Crippen molar-refractivity contribution in [3.8, 4) is 11.1 Å². The molecule has 16 heteroatoms. The van der Waals surface area contributed by atoms with Crippen LogP contribution in [0.3, 0.4) is 0 Å². The molecular formula is C43H44ClF3N8O2S2. The van der Waals surface area contributed by atoms with E-state index in [-0.39, 0.29) is 17.5 Å². The first kappa shape index (κ1) is 42.2. The van der Waals surface area contributed by atoms with Gasteiger partial charge in [0.2, 0.25) is 0 Å². The van der Waals surface area contributed by atoms with Crippen molar-refractivity contribution in [3.05, 3.63) is 132 Å². The number of anilines is 3. The molecule has 3 heterocycles. The highest BCUT2D eigenvalue weighted by Gasteiger charge is 2.36. The van der Waals surface area contributed by atoms with E-state index in [9.17, 15) is 21.6 Å². The second-order valence-electron chi connectivity index (χ2n) is 14.6. The molecule has 1 saturated heterocycles. The molecule has 10 nitrogen and oxygen atoms in total. The number of nitrogens with zero attached hydrogens (tertiary/aromatic N) is 6. The highest BCUT2D eigenvalue weighted by molar-refractivity contribution is 7.99. The summed E-state index contributed by atoms with van der Waals surface area (Å²) < 4.78 is 73.4. The summed E-state index contributed by atoms with van der Waals surface area (Å²) >= 11 is 7.66. The topological polar surface area (TPSA) is 107 Å². The van der Waals surface area contributed by atoms with Gasteiger partial charge >= 0.3 is 6.18 Å². The normalized spacial score (nSPS) is 14.5. The Morgan fingerprint density at radius 3 is 2.34 bits per heavy atom. The van der Waals surface area contributed by atoms with Crippen LogP contribution in [0.4, 0.5) is 30.5 Å². The number of hydrogen-bond donors (Lipinski definition) is 2. The molecule has 4 aromatic carbocycles. The Morgan fingerprint density at radius 1 is 0.881 bits per heavy atom. The zero-order valence-electron chi connectivity index (χ0n) is 32.5. The molecule has 0 saturated carbocycles. The highest BCUT2D eigenvalue weighted by atomic mass is 35.5. The average molecular weight is 861 g/mol. The van der Waals surface area contributed by atoms with Crippen molar-refractivity contribution in [2.75, 3.05) is 67.5 Å². The molecule has 6 aromatic rings. The number of halogens is 4. The molecule has 59 heavy (non-hydrogen) atoms. The Balaban J connectivity index is 1.04. The predicted molar refractivity (Wildman–Crippen MR) is 232 cm³/mol. The van der Waals surface area contributed by atoms with Gasteiger partial charge in [-0.1, -0.05) is 66.2 Å². The largest absolute Gasteiger partial charge is 0.418 e. The van der Waals surface area contributed by atoms with Crippen LogP contribution in [-0.4, -0.2) is 91.8 Å². The third-order valence-corrected chi connectivity index (χ3v) is 12.8. The average Bonchev–Trinajstić information content (AvgIpc) is 3.22. The van der Waals surface area contributed by atoms with E-state index in [1.807, 2.05) is 85.7 Å². The van der Waals surface area contributed by atoms with Crippen LogP contribution < -0.4 is 14.9 Å². The van der Waals surface area contributed by atoms with Crippen LogP contribution in [0.25, 0.3) is 22.0 Å². The van der Waals surface area contributed by atoms with Crippen molar-refractivity contribution in [2.45, 2.75) is 35.0 Å². The molecule has 0 amide bonds. The van der Waals surface area contributed by atoms with E-state index in [0.717, 1.165) is 35.7 Å². The molecule has 1 atom stereocenters. The molecule has 1 aliphatic heterocycles. The molecule has 1 fully saturated rings. The number of aromatic nitrogens is 3. The van der Waals surface area contributed by atoms with E-state index >= 15 is 0 Å². The first-order chi connectivity index (χ1) is 28.3. The third kappa shape index (κ3) is 10.8. The summed E-state index contributed by atoms with van der Waals surface area (Å²) in [6.07, 6.45) is -1.55. The summed E-state index contributed by atoms with van der Waals surface area (Å²) in [5.74, 6) is 1.09. The Kier molecular flexibility index (Phi) is 13.3. The van der Waals surface area contributed by atoms with E-state index in [1.54, 1.807) is 6.07 Å². The van der Waals surface area contributed by atoms with E-state index in [2.05, 4.69) is 46.9 Å². The lowest BCUT2D eigenvalue weighted by molar-refractivity contribution is -0.137. The van der Waals surface area contributed by atoms with Crippen molar-refractivity contribution < 1.29 is 21.6 Å². The zero-order valence-corrected chi connectivity index (χ0v) is 34.9. The number of alkyl halides is 3.